The number of hydrogen-bond acceptors (Lipinski definition) is 5. The highest BCUT2D eigenvalue weighted by Crippen LogP contribution is 2.57. The van der Waals surface area contributed by atoms with Crippen molar-refractivity contribution in [3.8, 4) is 28.4 Å². The van der Waals surface area contributed by atoms with Crippen LogP contribution < -0.4 is 14.2 Å². The average molecular weight is 339 g/mol. The van der Waals surface area contributed by atoms with Gasteiger partial charge in [0.05, 0.1) is 13.2 Å². The third-order valence-corrected chi connectivity index (χ3v) is 5.67. The summed E-state index contributed by atoms with van der Waals surface area (Å²) in [5.74, 6) is 2.56. The molecule has 0 radical (unpaired) electrons. The lowest BCUT2D eigenvalue weighted by Crippen LogP contribution is -2.38. The van der Waals surface area contributed by atoms with Crippen LogP contribution in [0.4, 0.5) is 0 Å². The van der Waals surface area contributed by atoms with Crippen LogP contribution in [0, 0.1) is 0 Å². The molecule has 2 aromatic rings. The van der Waals surface area contributed by atoms with Crippen molar-refractivity contribution >= 4 is 0 Å². The molecule has 130 valence electrons. The van der Waals surface area contributed by atoms with E-state index in [-0.39, 0.29) is 18.9 Å². The highest BCUT2D eigenvalue weighted by atomic mass is 16.7. The van der Waals surface area contributed by atoms with Crippen LogP contribution in [0.5, 0.6) is 17.2 Å². The van der Waals surface area contributed by atoms with Crippen molar-refractivity contribution in [2.45, 2.75) is 18.6 Å². The van der Waals surface area contributed by atoms with Gasteiger partial charge in [-0.3, -0.25) is 4.90 Å². The van der Waals surface area contributed by atoms with E-state index in [9.17, 15) is 0 Å². The number of rotatable bonds is 2. The Morgan fingerprint density at radius 3 is 2.84 bits per heavy atom. The molecule has 2 atom stereocenters. The predicted molar refractivity (Wildman–Crippen MR) is 93.4 cm³/mol. The molecular weight excluding hydrogens is 318 g/mol. The van der Waals surface area contributed by atoms with Gasteiger partial charge in [0.2, 0.25) is 6.79 Å². The van der Waals surface area contributed by atoms with Crippen LogP contribution in [0.2, 0.25) is 0 Å². The number of benzene rings is 2. The quantitative estimate of drug-likeness (QED) is 0.839. The molecule has 0 saturated carbocycles. The van der Waals surface area contributed by atoms with Gasteiger partial charge >= 0.3 is 0 Å². The second-order valence-electron chi connectivity index (χ2n) is 6.84. The SMILES string of the molecule is COc1ccc2c(c1)[C@@H](OC)[C@@H]1c3c(cc4c(c3-2)OCO4)CCN1C. The molecule has 0 amide bonds. The second-order valence-corrected chi connectivity index (χ2v) is 6.84. The molecule has 25 heavy (non-hydrogen) atoms. The summed E-state index contributed by atoms with van der Waals surface area (Å²) in [5, 5.41) is 0. The largest absolute Gasteiger partial charge is 0.497 e. The molecule has 0 fully saturated rings. The minimum atomic E-state index is -0.0398. The van der Waals surface area contributed by atoms with Gasteiger partial charge in [-0.1, -0.05) is 6.07 Å². The Labute approximate surface area is 147 Å². The van der Waals surface area contributed by atoms with Gasteiger partial charge in [-0.15, -0.1) is 0 Å². The van der Waals surface area contributed by atoms with E-state index in [1.807, 2.05) is 6.07 Å². The number of methoxy groups -OCH3 is 2. The first-order valence-corrected chi connectivity index (χ1v) is 8.59. The molecule has 3 aliphatic rings. The van der Waals surface area contributed by atoms with Crippen molar-refractivity contribution in [2.24, 2.45) is 0 Å². The number of fused-ring (bicyclic) bond motifs is 4. The molecule has 1 aliphatic carbocycles. The summed E-state index contributed by atoms with van der Waals surface area (Å²) in [7, 11) is 5.65. The van der Waals surface area contributed by atoms with Crippen LogP contribution in [-0.2, 0) is 11.2 Å². The highest BCUT2D eigenvalue weighted by molar-refractivity contribution is 5.84. The van der Waals surface area contributed by atoms with Crippen LogP contribution in [0.25, 0.3) is 11.1 Å². The molecule has 5 heteroatoms. The molecule has 2 heterocycles. The summed E-state index contributed by atoms with van der Waals surface area (Å²) in [6.07, 6.45) is 0.968. The molecule has 0 spiro atoms. The van der Waals surface area contributed by atoms with Crippen molar-refractivity contribution in [1.82, 2.24) is 4.90 Å². The van der Waals surface area contributed by atoms with Gasteiger partial charge in [-0.2, -0.15) is 0 Å². The Morgan fingerprint density at radius 1 is 1.16 bits per heavy atom. The van der Waals surface area contributed by atoms with E-state index >= 15 is 0 Å². The Balaban J connectivity index is 1.86. The summed E-state index contributed by atoms with van der Waals surface area (Å²) in [4.78, 5) is 2.38. The smallest absolute Gasteiger partial charge is 0.231 e. The average Bonchev–Trinajstić information content (AvgIpc) is 3.11. The van der Waals surface area contributed by atoms with Crippen LogP contribution in [0.3, 0.4) is 0 Å². The maximum atomic E-state index is 5.99. The van der Waals surface area contributed by atoms with E-state index in [1.165, 1.54) is 11.1 Å². The standard InChI is InChI=1S/C20H21NO4/c1-21-7-6-11-8-15-20(25-10-24-15)17-13-5-4-12(22-2)9-14(13)19(23-3)18(21)16(11)17/h4-5,8-9,18-19H,6-7,10H2,1-3H3/t18-,19+/m0/s1. The van der Waals surface area contributed by atoms with Gasteiger partial charge in [-0.05, 0) is 53.9 Å². The van der Waals surface area contributed by atoms with Crippen LogP contribution in [0.15, 0.2) is 24.3 Å². The summed E-state index contributed by atoms with van der Waals surface area (Å²) >= 11 is 0. The zero-order valence-electron chi connectivity index (χ0n) is 14.7. The Morgan fingerprint density at radius 2 is 2.04 bits per heavy atom. The van der Waals surface area contributed by atoms with E-state index < -0.39 is 0 Å². The molecule has 0 saturated heterocycles. The Hall–Kier alpha value is -2.24. The van der Waals surface area contributed by atoms with Gasteiger partial charge < -0.3 is 18.9 Å². The number of hydrogen-bond donors (Lipinski definition) is 0. The van der Waals surface area contributed by atoms with Crippen LogP contribution >= 0.6 is 0 Å². The van der Waals surface area contributed by atoms with Crippen LogP contribution in [-0.4, -0.2) is 39.5 Å². The minimum Gasteiger partial charge on any atom is -0.497 e. The third-order valence-electron chi connectivity index (χ3n) is 5.67. The monoisotopic (exact) mass is 339 g/mol. The number of ether oxygens (including phenoxy) is 4. The van der Waals surface area contributed by atoms with Crippen molar-refractivity contribution in [2.75, 3.05) is 34.6 Å². The molecule has 5 nitrogen and oxygen atoms in total. The first-order chi connectivity index (χ1) is 12.2. The van der Waals surface area contributed by atoms with Crippen molar-refractivity contribution in [3.05, 3.63) is 41.0 Å². The van der Waals surface area contributed by atoms with E-state index in [2.05, 4.69) is 30.1 Å². The number of nitrogens with zero attached hydrogens (tertiary/aromatic N) is 1. The van der Waals surface area contributed by atoms with Gasteiger partial charge in [0, 0.05) is 19.2 Å². The highest BCUT2D eigenvalue weighted by Gasteiger charge is 2.43. The Bertz CT molecular complexity index is 863. The first kappa shape index (κ1) is 15.0. The normalized spacial score (nSPS) is 23.2. The van der Waals surface area contributed by atoms with Gasteiger partial charge in [-0.25, -0.2) is 0 Å². The fourth-order valence-corrected chi connectivity index (χ4v) is 4.52. The van der Waals surface area contributed by atoms with Gasteiger partial charge in [0.1, 0.15) is 11.9 Å². The first-order valence-electron chi connectivity index (χ1n) is 8.59. The zero-order valence-corrected chi connectivity index (χ0v) is 14.7. The van der Waals surface area contributed by atoms with Gasteiger partial charge in [0.15, 0.2) is 11.5 Å². The molecule has 0 aromatic heterocycles. The molecule has 5 rings (SSSR count). The molecule has 0 N–H and O–H groups in total. The van der Waals surface area contributed by atoms with Gasteiger partial charge in [0.25, 0.3) is 0 Å². The van der Waals surface area contributed by atoms with Crippen molar-refractivity contribution in [3.63, 3.8) is 0 Å². The zero-order chi connectivity index (χ0) is 17.1. The molecule has 2 aliphatic heterocycles. The lowest BCUT2D eigenvalue weighted by atomic mass is 9.75. The molecule has 0 bridgehead atoms. The molecule has 2 aromatic carbocycles. The lowest BCUT2D eigenvalue weighted by Gasteiger charge is -2.44. The minimum absolute atomic E-state index is 0.0398. The summed E-state index contributed by atoms with van der Waals surface area (Å²) in [6.45, 7) is 1.28. The van der Waals surface area contributed by atoms with E-state index in [0.717, 1.165) is 46.9 Å². The predicted octanol–water partition coefficient (Wildman–Crippen LogP) is 3.32. The summed E-state index contributed by atoms with van der Waals surface area (Å²) < 4.78 is 23.0. The lowest BCUT2D eigenvalue weighted by molar-refractivity contribution is 0.0153. The van der Waals surface area contributed by atoms with E-state index in [1.54, 1.807) is 14.2 Å². The molecule has 0 unspecified atom stereocenters. The maximum absolute atomic E-state index is 5.99. The number of likely N-dealkylation sites (N-methyl/N-ethyl adjacent to an activating group) is 1. The third kappa shape index (κ3) is 1.96. The maximum Gasteiger partial charge on any atom is 0.231 e. The van der Waals surface area contributed by atoms with E-state index in [0.29, 0.717) is 0 Å². The fourth-order valence-electron chi connectivity index (χ4n) is 4.52. The summed E-state index contributed by atoms with van der Waals surface area (Å²) in [6, 6.07) is 8.52. The van der Waals surface area contributed by atoms with Crippen LogP contribution in [0.1, 0.15) is 28.8 Å². The summed E-state index contributed by atoms with van der Waals surface area (Å²) in [5.41, 5.74) is 6.11. The van der Waals surface area contributed by atoms with Crippen molar-refractivity contribution < 1.29 is 18.9 Å². The molecular formula is C20H21NO4. The topological polar surface area (TPSA) is 40.2 Å². The van der Waals surface area contributed by atoms with E-state index in [4.69, 9.17) is 18.9 Å². The van der Waals surface area contributed by atoms with Crippen molar-refractivity contribution in [1.29, 1.82) is 0 Å². The fraction of sp³-hybridized carbons (Fsp3) is 0.400. The second kappa shape index (κ2) is 5.38. The Kier molecular flexibility index (Phi) is 3.24.